The third-order valence-corrected chi connectivity index (χ3v) is 5.16. The van der Waals surface area contributed by atoms with Gasteiger partial charge in [-0.2, -0.15) is 0 Å². The van der Waals surface area contributed by atoms with Crippen molar-refractivity contribution < 1.29 is 9.18 Å². The summed E-state index contributed by atoms with van der Waals surface area (Å²) in [5, 5.41) is 3.67. The molecule has 0 saturated heterocycles. The first-order valence-corrected chi connectivity index (χ1v) is 9.29. The van der Waals surface area contributed by atoms with Crippen molar-refractivity contribution in [1.29, 1.82) is 0 Å². The number of halogens is 3. The molecule has 0 fully saturated rings. The Hall–Kier alpha value is -2.02. The van der Waals surface area contributed by atoms with E-state index in [-0.39, 0.29) is 10.9 Å². The Labute approximate surface area is 164 Å². The number of carbonyl (C=O) groups excluding carboxylic acids is 1. The second-order valence-electron chi connectivity index (χ2n) is 5.43. The molecule has 0 spiro atoms. The van der Waals surface area contributed by atoms with Crippen LogP contribution < -0.4 is 5.32 Å². The Balaban J connectivity index is 1.73. The highest BCUT2D eigenvalue weighted by atomic mass is 35.5. The highest BCUT2D eigenvalue weighted by Gasteiger charge is 2.19. The molecule has 0 radical (unpaired) electrons. The maximum atomic E-state index is 13.1. The third kappa shape index (κ3) is 4.38. The molecule has 134 valence electrons. The summed E-state index contributed by atoms with van der Waals surface area (Å²) in [5.41, 5.74) is 1.22. The number of nitrogens with one attached hydrogen (secondary N) is 1. The van der Waals surface area contributed by atoms with Crippen molar-refractivity contribution in [2.75, 3.05) is 5.32 Å². The van der Waals surface area contributed by atoms with Gasteiger partial charge in [-0.25, -0.2) is 9.37 Å². The van der Waals surface area contributed by atoms with E-state index in [0.717, 1.165) is 11.8 Å². The molecule has 1 amide bonds. The fourth-order valence-electron chi connectivity index (χ4n) is 2.24. The second kappa shape index (κ2) is 8.12. The van der Waals surface area contributed by atoms with Crippen LogP contribution in [0.5, 0.6) is 0 Å². The molecule has 1 heterocycles. The highest BCUT2D eigenvalue weighted by Crippen LogP contribution is 2.28. The van der Waals surface area contributed by atoms with Gasteiger partial charge in [-0.15, -0.1) is 0 Å². The van der Waals surface area contributed by atoms with Crippen molar-refractivity contribution >= 4 is 46.6 Å². The molecule has 1 N–H and O–H groups in total. The zero-order valence-corrected chi connectivity index (χ0v) is 15.9. The molecule has 26 heavy (non-hydrogen) atoms. The SMILES string of the molecule is CC(Sc1nccn1-c1cccc(Cl)c1)C(=O)Nc1ccc(F)cc1Cl. The number of nitrogens with zero attached hydrogens (tertiary/aromatic N) is 2. The lowest BCUT2D eigenvalue weighted by atomic mass is 10.3. The largest absolute Gasteiger partial charge is 0.324 e. The second-order valence-corrected chi connectivity index (χ2v) is 7.58. The molecule has 4 nitrogen and oxygen atoms in total. The van der Waals surface area contributed by atoms with Crippen molar-refractivity contribution in [2.24, 2.45) is 0 Å². The Bertz CT molecular complexity index is 948. The van der Waals surface area contributed by atoms with E-state index >= 15 is 0 Å². The molecular formula is C18H14Cl2FN3OS. The van der Waals surface area contributed by atoms with Crippen LogP contribution in [-0.2, 0) is 4.79 Å². The summed E-state index contributed by atoms with van der Waals surface area (Å²) in [6.45, 7) is 1.76. The molecule has 2 aromatic carbocycles. The number of anilines is 1. The van der Waals surface area contributed by atoms with Gasteiger partial charge < -0.3 is 5.32 Å². The van der Waals surface area contributed by atoms with Gasteiger partial charge in [0.15, 0.2) is 5.16 Å². The fraction of sp³-hybridized carbons (Fsp3) is 0.111. The van der Waals surface area contributed by atoms with Gasteiger partial charge in [0.25, 0.3) is 0 Å². The van der Waals surface area contributed by atoms with Crippen molar-refractivity contribution in [1.82, 2.24) is 9.55 Å². The Morgan fingerprint density at radius 1 is 1.27 bits per heavy atom. The minimum atomic E-state index is -0.459. The maximum Gasteiger partial charge on any atom is 0.237 e. The lowest BCUT2D eigenvalue weighted by molar-refractivity contribution is -0.115. The summed E-state index contributed by atoms with van der Waals surface area (Å²) in [7, 11) is 0. The molecule has 3 rings (SSSR count). The van der Waals surface area contributed by atoms with Crippen LogP contribution in [0.4, 0.5) is 10.1 Å². The number of hydrogen-bond acceptors (Lipinski definition) is 3. The van der Waals surface area contributed by atoms with E-state index < -0.39 is 11.1 Å². The monoisotopic (exact) mass is 409 g/mol. The van der Waals surface area contributed by atoms with E-state index in [9.17, 15) is 9.18 Å². The molecule has 3 aromatic rings. The highest BCUT2D eigenvalue weighted by molar-refractivity contribution is 8.00. The Kier molecular flexibility index (Phi) is 5.86. The topological polar surface area (TPSA) is 46.9 Å². The molecule has 0 aliphatic heterocycles. The van der Waals surface area contributed by atoms with Gasteiger partial charge in [-0.3, -0.25) is 9.36 Å². The maximum absolute atomic E-state index is 13.1. The number of rotatable bonds is 5. The fourth-order valence-corrected chi connectivity index (χ4v) is 3.52. The smallest absolute Gasteiger partial charge is 0.237 e. The normalized spacial score (nSPS) is 12.0. The van der Waals surface area contributed by atoms with Gasteiger partial charge in [0.05, 0.1) is 16.0 Å². The van der Waals surface area contributed by atoms with Gasteiger partial charge in [-0.05, 0) is 43.3 Å². The first-order chi connectivity index (χ1) is 12.4. The summed E-state index contributed by atoms with van der Waals surface area (Å²) in [5.74, 6) is -0.719. The standard InChI is InChI=1S/C18H14Cl2FN3OS/c1-11(17(25)23-16-6-5-13(21)10-15(16)20)26-18-22-7-8-24(18)14-4-2-3-12(19)9-14/h2-11H,1H3,(H,23,25). The number of aromatic nitrogens is 2. The molecule has 0 saturated carbocycles. The van der Waals surface area contributed by atoms with Gasteiger partial charge in [0.1, 0.15) is 5.82 Å². The number of hydrogen-bond donors (Lipinski definition) is 1. The lowest BCUT2D eigenvalue weighted by Crippen LogP contribution is -2.23. The van der Waals surface area contributed by atoms with E-state index in [1.165, 1.54) is 23.9 Å². The summed E-state index contributed by atoms with van der Waals surface area (Å²) >= 11 is 13.3. The van der Waals surface area contributed by atoms with Gasteiger partial charge in [0.2, 0.25) is 5.91 Å². The molecule has 8 heteroatoms. The predicted molar refractivity (Wildman–Crippen MR) is 104 cm³/mol. The van der Waals surface area contributed by atoms with Crippen LogP contribution in [0.2, 0.25) is 10.0 Å². The molecule has 0 bridgehead atoms. The zero-order chi connectivity index (χ0) is 18.7. The zero-order valence-electron chi connectivity index (χ0n) is 13.6. The molecule has 1 atom stereocenters. The van der Waals surface area contributed by atoms with Crippen LogP contribution in [0.1, 0.15) is 6.92 Å². The van der Waals surface area contributed by atoms with Gasteiger partial charge in [0, 0.05) is 23.1 Å². The first kappa shape index (κ1) is 18.8. The third-order valence-electron chi connectivity index (χ3n) is 3.53. The number of imidazole rings is 1. The van der Waals surface area contributed by atoms with Crippen molar-refractivity contribution in [3.05, 3.63) is 70.7 Å². The van der Waals surface area contributed by atoms with Crippen LogP contribution in [0.15, 0.2) is 60.0 Å². The van der Waals surface area contributed by atoms with Crippen LogP contribution in [0, 0.1) is 5.82 Å². The van der Waals surface area contributed by atoms with Crippen LogP contribution in [0.3, 0.4) is 0 Å². The summed E-state index contributed by atoms with van der Waals surface area (Å²) < 4.78 is 15.0. The molecular weight excluding hydrogens is 396 g/mol. The van der Waals surface area contributed by atoms with Gasteiger partial charge in [-0.1, -0.05) is 41.0 Å². The average Bonchev–Trinajstić information content (AvgIpc) is 3.05. The number of carbonyl (C=O) groups is 1. The first-order valence-electron chi connectivity index (χ1n) is 7.66. The number of benzene rings is 2. The summed E-state index contributed by atoms with van der Waals surface area (Å²) in [6, 6.07) is 11.2. The minimum absolute atomic E-state index is 0.149. The molecule has 0 aliphatic carbocycles. The Morgan fingerprint density at radius 3 is 2.81 bits per heavy atom. The molecule has 0 aliphatic rings. The van der Waals surface area contributed by atoms with E-state index in [2.05, 4.69) is 10.3 Å². The van der Waals surface area contributed by atoms with E-state index in [1.807, 2.05) is 22.8 Å². The predicted octanol–water partition coefficient (Wildman–Crippen LogP) is 5.44. The van der Waals surface area contributed by atoms with Crippen LogP contribution in [0.25, 0.3) is 5.69 Å². The summed E-state index contributed by atoms with van der Waals surface area (Å²) in [6.07, 6.45) is 3.46. The van der Waals surface area contributed by atoms with E-state index in [0.29, 0.717) is 15.9 Å². The van der Waals surface area contributed by atoms with Crippen molar-refractivity contribution in [3.63, 3.8) is 0 Å². The van der Waals surface area contributed by atoms with Crippen LogP contribution in [-0.4, -0.2) is 20.7 Å². The van der Waals surface area contributed by atoms with Crippen LogP contribution >= 0.6 is 35.0 Å². The minimum Gasteiger partial charge on any atom is -0.324 e. The Morgan fingerprint density at radius 2 is 2.08 bits per heavy atom. The number of thioether (sulfide) groups is 1. The number of amides is 1. The van der Waals surface area contributed by atoms with Crippen molar-refractivity contribution in [3.8, 4) is 5.69 Å². The molecule has 1 aromatic heterocycles. The van der Waals surface area contributed by atoms with E-state index in [4.69, 9.17) is 23.2 Å². The van der Waals surface area contributed by atoms with Crippen molar-refractivity contribution in [2.45, 2.75) is 17.3 Å². The average molecular weight is 410 g/mol. The lowest BCUT2D eigenvalue weighted by Gasteiger charge is -2.14. The van der Waals surface area contributed by atoms with E-state index in [1.54, 1.807) is 25.4 Å². The molecule has 1 unspecified atom stereocenters. The quantitative estimate of drug-likeness (QED) is 0.570. The van der Waals surface area contributed by atoms with Gasteiger partial charge >= 0.3 is 0 Å². The summed E-state index contributed by atoms with van der Waals surface area (Å²) in [4.78, 5) is 16.7.